The number of nitrogens with zero attached hydrogens (tertiary/aromatic N) is 1. The van der Waals surface area contributed by atoms with Crippen LogP contribution in [-0.4, -0.2) is 42.6 Å². The molecule has 0 heterocycles. The molecule has 0 fully saturated rings. The van der Waals surface area contributed by atoms with Crippen LogP contribution in [0.25, 0.3) is 0 Å². The minimum atomic E-state index is -0.153. The second-order valence-corrected chi connectivity index (χ2v) is 7.14. The molecular weight excluding hydrogens is 332 g/mol. The molecule has 25 heavy (non-hydrogen) atoms. The highest BCUT2D eigenvalue weighted by molar-refractivity contribution is 7.99. The van der Waals surface area contributed by atoms with Crippen molar-refractivity contribution < 1.29 is 9.59 Å². The lowest BCUT2D eigenvalue weighted by Gasteiger charge is -2.16. The molecule has 1 N–H and O–H groups in total. The number of hydrogen-bond acceptors (Lipinski definition) is 3. The third-order valence-electron chi connectivity index (χ3n) is 3.92. The Bertz CT molecular complexity index is 732. The molecule has 4 nitrogen and oxygen atoms in total. The van der Waals surface area contributed by atoms with Gasteiger partial charge in [0.1, 0.15) is 0 Å². The van der Waals surface area contributed by atoms with Gasteiger partial charge < -0.3 is 10.2 Å². The summed E-state index contributed by atoms with van der Waals surface area (Å²) in [5.41, 5.74) is 3.14. The van der Waals surface area contributed by atoms with Crippen LogP contribution in [0.4, 0.5) is 0 Å². The normalized spacial score (nSPS) is 10.4. The number of hydrogen-bond donors (Lipinski definition) is 1. The van der Waals surface area contributed by atoms with Crippen molar-refractivity contribution in [3.05, 3.63) is 65.2 Å². The fourth-order valence-corrected chi connectivity index (χ4v) is 3.17. The van der Waals surface area contributed by atoms with E-state index in [9.17, 15) is 9.59 Å². The summed E-state index contributed by atoms with van der Waals surface area (Å²) in [5.74, 6) is 0.498. The fourth-order valence-electron chi connectivity index (χ4n) is 2.31. The molecule has 0 spiro atoms. The average Bonchev–Trinajstić information content (AvgIpc) is 2.61. The van der Waals surface area contributed by atoms with E-state index in [0.717, 1.165) is 5.75 Å². The lowest BCUT2D eigenvalue weighted by Crippen LogP contribution is -2.39. The number of aryl methyl sites for hydroxylation is 2. The van der Waals surface area contributed by atoms with E-state index in [1.807, 2.05) is 18.2 Å². The lowest BCUT2D eigenvalue weighted by atomic mass is 10.1. The minimum Gasteiger partial charge on any atom is -0.354 e. The first-order valence-corrected chi connectivity index (χ1v) is 9.23. The zero-order chi connectivity index (χ0) is 18.2. The number of likely N-dealkylation sites (N-methyl/N-ethyl adjacent to an activating group) is 1. The van der Waals surface area contributed by atoms with Gasteiger partial charge >= 0.3 is 0 Å². The Kier molecular flexibility index (Phi) is 7.07. The van der Waals surface area contributed by atoms with Gasteiger partial charge in [0.2, 0.25) is 5.91 Å². The lowest BCUT2D eigenvalue weighted by molar-refractivity contribution is -0.121. The molecule has 0 aromatic heterocycles. The van der Waals surface area contributed by atoms with Crippen LogP contribution in [0.5, 0.6) is 0 Å². The van der Waals surface area contributed by atoms with E-state index >= 15 is 0 Å². The van der Waals surface area contributed by atoms with Crippen LogP contribution in [0.2, 0.25) is 0 Å². The molecular formula is C20H24N2O2S. The van der Waals surface area contributed by atoms with E-state index in [4.69, 9.17) is 0 Å². The Morgan fingerprint density at radius 1 is 1.04 bits per heavy atom. The third kappa shape index (κ3) is 5.94. The van der Waals surface area contributed by atoms with Crippen LogP contribution >= 0.6 is 11.8 Å². The molecule has 0 saturated carbocycles. The van der Waals surface area contributed by atoms with Gasteiger partial charge in [-0.2, -0.15) is 0 Å². The molecule has 0 atom stereocenters. The smallest absolute Gasteiger partial charge is 0.254 e. The highest BCUT2D eigenvalue weighted by atomic mass is 32.2. The SMILES string of the molecule is Cc1ccc(SCCNC(=O)CN(C)C(=O)c2ccccc2)cc1C. The maximum atomic E-state index is 12.2. The molecule has 0 unspecified atom stereocenters. The minimum absolute atomic E-state index is 0.0576. The van der Waals surface area contributed by atoms with Crippen LogP contribution in [0.15, 0.2) is 53.4 Å². The zero-order valence-electron chi connectivity index (χ0n) is 14.9. The van der Waals surface area contributed by atoms with Gasteiger partial charge in [0.25, 0.3) is 5.91 Å². The summed E-state index contributed by atoms with van der Waals surface area (Å²) in [6, 6.07) is 15.3. The van der Waals surface area contributed by atoms with E-state index in [2.05, 4.69) is 37.4 Å². The van der Waals surface area contributed by atoms with Crippen LogP contribution in [0.1, 0.15) is 21.5 Å². The summed E-state index contributed by atoms with van der Waals surface area (Å²) in [6.07, 6.45) is 0. The molecule has 0 aliphatic carbocycles. The van der Waals surface area contributed by atoms with Crippen LogP contribution in [0.3, 0.4) is 0 Å². The second kappa shape index (κ2) is 9.28. The first-order chi connectivity index (χ1) is 12.0. The van der Waals surface area contributed by atoms with Crippen molar-refractivity contribution >= 4 is 23.6 Å². The van der Waals surface area contributed by atoms with Gasteiger partial charge in [-0.25, -0.2) is 0 Å². The third-order valence-corrected chi connectivity index (χ3v) is 4.92. The van der Waals surface area contributed by atoms with E-state index in [1.165, 1.54) is 20.9 Å². The number of rotatable bonds is 7. The van der Waals surface area contributed by atoms with Crippen molar-refractivity contribution in [2.75, 3.05) is 25.9 Å². The van der Waals surface area contributed by atoms with E-state index < -0.39 is 0 Å². The number of carbonyl (C=O) groups excluding carboxylic acids is 2. The molecule has 2 rings (SSSR count). The number of nitrogens with one attached hydrogen (secondary N) is 1. The number of carbonyl (C=O) groups is 2. The van der Waals surface area contributed by atoms with Gasteiger partial charge in [0.15, 0.2) is 0 Å². The summed E-state index contributed by atoms with van der Waals surface area (Å²) < 4.78 is 0. The van der Waals surface area contributed by atoms with Gasteiger partial charge in [-0.3, -0.25) is 9.59 Å². The van der Waals surface area contributed by atoms with Crippen molar-refractivity contribution in [3.63, 3.8) is 0 Å². The number of thioether (sulfide) groups is 1. The maximum absolute atomic E-state index is 12.2. The Morgan fingerprint density at radius 2 is 1.76 bits per heavy atom. The second-order valence-electron chi connectivity index (χ2n) is 5.97. The van der Waals surface area contributed by atoms with Gasteiger partial charge in [-0.1, -0.05) is 24.3 Å². The van der Waals surface area contributed by atoms with Crippen molar-refractivity contribution in [2.24, 2.45) is 0 Å². The van der Waals surface area contributed by atoms with E-state index in [-0.39, 0.29) is 18.4 Å². The molecule has 0 aliphatic heterocycles. The molecule has 0 radical (unpaired) electrons. The predicted octanol–water partition coefficient (Wildman–Crippen LogP) is 3.28. The first kappa shape index (κ1) is 19.1. The summed E-state index contributed by atoms with van der Waals surface area (Å²) in [7, 11) is 1.64. The Balaban J connectivity index is 1.71. The monoisotopic (exact) mass is 356 g/mol. The Morgan fingerprint density at radius 3 is 2.44 bits per heavy atom. The molecule has 0 aliphatic rings. The molecule has 2 aromatic carbocycles. The topological polar surface area (TPSA) is 49.4 Å². The molecule has 2 aromatic rings. The van der Waals surface area contributed by atoms with Crippen molar-refractivity contribution in [2.45, 2.75) is 18.7 Å². The molecule has 0 saturated heterocycles. The number of amides is 2. The number of benzene rings is 2. The molecule has 2 amide bonds. The van der Waals surface area contributed by atoms with Crippen LogP contribution in [0, 0.1) is 13.8 Å². The van der Waals surface area contributed by atoms with E-state index in [0.29, 0.717) is 12.1 Å². The van der Waals surface area contributed by atoms with Gasteiger partial charge in [-0.15, -0.1) is 11.8 Å². The summed E-state index contributed by atoms with van der Waals surface area (Å²) in [5, 5.41) is 2.86. The highest BCUT2D eigenvalue weighted by Crippen LogP contribution is 2.20. The standard InChI is InChI=1S/C20H24N2O2S/c1-15-9-10-18(13-16(15)2)25-12-11-21-19(23)14-22(3)20(24)17-7-5-4-6-8-17/h4-10,13H,11-12,14H2,1-3H3,(H,21,23). The van der Waals surface area contributed by atoms with Crippen molar-refractivity contribution in [1.82, 2.24) is 10.2 Å². The fraction of sp³-hybridized carbons (Fsp3) is 0.300. The average molecular weight is 356 g/mol. The Labute approximate surface area is 153 Å². The summed E-state index contributed by atoms with van der Waals surface area (Å²) >= 11 is 1.71. The van der Waals surface area contributed by atoms with Crippen LogP contribution in [-0.2, 0) is 4.79 Å². The Hall–Kier alpha value is -2.27. The maximum Gasteiger partial charge on any atom is 0.254 e. The van der Waals surface area contributed by atoms with Crippen molar-refractivity contribution in [1.29, 1.82) is 0 Å². The molecule has 0 bridgehead atoms. The van der Waals surface area contributed by atoms with E-state index in [1.54, 1.807) is 30.9 Å². The zero-order valence-corrected chi connectivity index (χ0v) is 15.7. The van der Waals surface area contributed by atoms with Crippen molar-refractivity contribution in [3.8, 4) is 0 Å². The first-order valence-electron chi connectivity index (χ1n) is 8.24. The van der Waals surface area contributed by atoms with Crippen LogP contribution < -0.4 is 5.32 Å². The van der Waals surface area contributed by atoms with Gasteiger partial charge in [-0.05, 0) is 49.2 Å². The quantitative estimate of drug-likeness (QED) is 0.612. The highest BCUT2D eigenvalue weighted by Gasteiger charge is 2.14. The largest absolute Gasteiger partial charge is 0.354 e. The summed E-state index contributed by atoms with van der Waals surface area (Å²) in [6.45, 7) is 4.82. The summed E-state index contributed by atoms with van der Waals surface area (Å²) in [4.78, 5) is 26.8. The van der Waals surface area contributed by atoms with Gasteiger partial charge in [0, 0.05) is 29.8 Å². The molecule has 132 valence electrons. The predicted molar refractivity (Wildman–Crippen MR) is 103 cm³/mol. The molecule has 5 heteroatoms. The van der Waals surface area contributed by atoms with Gasteiger partial charge in [0.05, 0.1) is 6.54 Å².